The molecule has 0 aromatic rings. The van der Waals surface area contributed by atoms with Gasteiger partial charge in [-0.05, 0) is 25.7 Å². The van der Waals surface area contributed by atoms with Gasteiger partial charge in [0, 0.05) is 107 Å². The Kier molecular flexibility index (Phi) is 28.1. The first-order valence-electron chi connectivity index (χ1n) is 26.3. The summed E-state index contributed by atoms with van der Waals surface area (Å²) < 4.78 is 71.5. The zero-order valence-corrected chi connectivity index (χ0v) is 54.5. The molecule has 34 heteroatoms. The van der Waals surface area contributed by atoms with Crippen LogP contribution in [-0.2, 0) is 56.8 Å². The van der Waals surface area contributed by atoms with E-state index in [0.29, 0.717) is 0 Å². The summed E-state index contributed by atoms with van der Waals surface area (Å²) in [5, 5.41) is 193. The minimum atomic E-state index is -2.05. The molecule has 0 aromatic carbocycles. The van der Waals surface area contributed by atoms with Gasteiger partial charge < -0.3 is 160 Å². The van der Waals surface area contributed by atoms with Crippen molar-refractivity contribution in [1.29, 1.82) is 0 Å². The molecule has 0 bridgehead atoms. The number of hydrogen-bond acceptors (Lipinski definition) is 30. The molecule has 7 fully saturated rings. The summed E-state index contributed by atoms with van der Waals surface area (Å²) in [6, 6.07) is -3.57. The molecule has 7 rings (SSSR count). The van der Waals surface area contributed by atoms with Gasteiger partial charge in [0.15, 0.2) is 25.2 Å². The minimum Gasteiger partial charge on any atom is -0.670 e. The van der Waals surface area contributed by atoms with E-state index in [1.807, 2.05) is 0 Å². The molecule has 0 amide bonds. The Bertz CT molecular complexity index is 1900. The predicted octanol–water partition coefficient (Wildman–Crippen LogP) is -9.34. The van der Waals surface area contributed by atoms with E-state index in [9.17, 15) is 103 Å². The maximum absolute atomic E-state index is 12.1. The second-order valence-corrected chi connectivity index (χ2v) is 22.5. The zero-order valence-electron chi connectivity index (χ0n) is 45.1. The van der Waals surface area contributed by atoms with Gasteiger partial charge in [-0.15, -0.1) is 0 Å². The van der Waals surface area contributed by atoms with Crippen molar-refractivity contribution in [2.45, 2.75) is 249 Å². The Morgan fingerprint density at radius 2 is 0.765 bits per heavy atom. The molecule has 6 aliphatic heterocycles. The fourth-order valence-corrected chi connectivity index (χ4v) is 11.0. The van der Waals surface area contributed by atoms with E-state index in [0.717, 1.165) is 0 Å². The van der Waals surface area contributed by atoms with E-state index in [2.05, 4.69) is 0 Å². The molecule has 6 heterocycles. The molecule has 0 aromatic heterocycles. The fourth-order valence-electron chi connectivity index (χ4n) is 11.0. The monoisotopic (exact) mass is 1610 g/mol. The molecular weight excluding hydrogens is 1530 g/mol. The molecule has 6 saturated heterocycles. The molecular formula is C47H82Ac2N2O30-2. The summed E-state index contributed by atoms with van der Waals surface area (Å²) >= 11 is 0. The third-order valence-electron chi connectivity index (χ3n) is 15.9. The van der Waals surface area contributed by atoms with Crippen LogP contribution in [0, 0.1) is 99.5 Å². The molecule has 1 aliphatic carbocycles. The van der Waals surface area contributed by atoms with Crippen molar-refractivity contribution in [3.8, 4) is 0 Å². The molecule has 2 radical (unpaired) electrons. The van der Waals surface area contributed by atoms with Crippen LogP contribution >= 0.6 is 0 Å². The van der Waals surface area contributed by atoms with Crippen molar-refractivity contribution >= 4 is 0 Å². The third kappa shape index (κ3) is 15.9. The molecule has 20 N–H and O–H groups in total. The van der Waals surface area contributed by atoms with Crippen LogP contribution in [0.1, 0.15) is 41.0 Å². The van der Waals surface area contributed by atoms with Gasteiger partial charge in [0.2, 0.25) is 0 Å². The van der Waals surface area contributed by atoms with Gasteiger partial charge in [0.05, 0.1) is 63.1 Å². The molecule has 81 heavy (non-hydrogen) atoms. The van der Waals surface area contributed by atoms with Crippen LogP contribution in [0.15, 0.2) is 0 Å². The van der Waals surface area contributed by atoms with Crippen LogP contribution in [0.4, 0.5) is 0 Å². The van der Waals surface area contributed by atoms with E-state index in [1.165, 1.54) is 13.8 Å². The Morgan fingerprint density at radius 3 is 1.20 bits per heavy atom. The largest absolute Gasteiger partial charge is 0.670 e. The average Bonchev–Trinajstić information content (AvgIpc) is 3.49. The number of nitrogens with one attached hydrogen (secondary N) is 2. The number of rotatable bonds is 17. The Morgan fingerprint density at radius 1 is 0.383 bits per heavy atom. The van der Waals surface area contributed by atoms with Crippen LogP contribution in [0.5, 0.6) is 0 Å². The molecule has 32 nitrogen and oxygen atoms in total. The SMILES string of the molecule is CC1OC(OC2C([NH-])[C@H](OCC3O[C@@H](C(C)(C)C)C(O)C(O[C@@H]4OC(CO)[C@@H](O[C@@H]5OC(C)[C@@H](O)C(O)C5O)C(O[C@@H]5OC(CO)[C@H](O)C(O)C5O)C4[NH-])[C@H]3O)CC(CO)[C@H]2O[C@@H]2OC(CO)[C@H](O)C(O)C2O)C(O)C(O)[C@@H]1O.[Ac].[Ac]. The summed E-state index contributed by atoms with van der Waals surface area (Å²) in [5.41, 5.74) is 18.0. The van der Waals surface area contributed by atoms with E-state index in [4.69, 9.17) is 56.8 Å². The standard InChI is InChI=1S/C47H82N2O30.2Ac/c1-12-22(54)27(59)31(63)43(69-12)76-37-18(10-53)74-42(21(49)39(37)78-46-34(66)30(62)25(57)17(9-52)73-46)79-40-26(58)19(71-41(35(40)67)47(3,4)5)11-68-15-6-14(7-50)36(75-45-33(65)29(61)24(56)16(8-51)72-45)38(20(15)48)77-44-32(64)28(60)23(55)13(2)70-44;;/h12-46,48-67H,6-11H2,1-5H3;;/q-2;;/t12?,13?,14?,15-,16?,17?,18?,19?,20?,21?,22-,23-,24+,25+,26+,27?,28?,29?,30?,31?,32?,33?,34?,35?,36-,37-,38?,39?,40?,41-,42+,43+,44?,45+,46+;;/m1../s1. The Balaban J connectivity index is 0.00000602. The summed E-state index contributed by atoms with van der Waals surface area (Å²) in [6.07, 6.45) is -54.8. The van der Waals surface area contributed by atoms with Crippen molar-refractivity contribution in [1.82, 2.24) is 0 Å². The predicted molar refractivity (Wildman–Crippen MR) is 254 cm³/mol. The van der Waals surface area contributed by atoms with Crippen molar-refractivity contribution < 1.29 is 237 Å². The van der Waals surface area contributed by atoms with Gasteiger partial charge >= 0.3 is 0 Å². The zero-order chi connectivity index (χ0) is 58.4. The van der Waals surface area contributed by atoms with Gasteiger partial charge in [-0.3, -0.25) is 0 Å². The van der Waals surface area contributed by atoms with Gasteiger partial charge in [0.25, 0.3) is 0 Å². The van der Waals surface area contributed by atoms with Crippen molar-refractivity contribution in [3.05, 3.63) is 11.5 Å². The maximum Gasteiger partial charge on any atom is 0.187 e. The second-order valence-electron chi connectivity index (χ2n) is 22.5. The molecule has 468 valence electrons. The summed E-state index contributed by atoms with van der Waals surface area (Å²) in [4.78, 5) is 0. The number of hydrogen-bond donors (Lipinski definition) is 18. The first-order valence-corrected chi connectivity index (χ1v) is 26.3. The van der Waals surface area contributed by atoms with Gasteiger partial charge in [-0.1, -0.05) is 32.9 Å². The Hall–Kier alpha value is 1.60. The summed E-state index contributed by atoms with van der Waals surface area (Å²) in [6.45, 7) is 3.68. The normalized spacial score (nSPS) is 51.9. The molecule has 1 saturated carbocycles. The van der Waals surface area contributed by atoms with E-state index in [1.54, 1.807) is 20.8 Å². The van der Waals surface area contributed by atoms with Crippen LogP contribution in [-0.4, -0.2) is 333 Å². The molecule has 0 spiro atoms. The molecule has 7 aliphatic rings. The van der Waals surface area contributed by atoms with Crippen molar-refractivity contribution in [3.63, 3.8) is 0 Å². The first-order chi connectivity index (χ1) is 37.1. The molecule has 22 unspecified atom stereocenters. The molecule has 35 atom stereocenters. The summed E-state index contributed by atoms with van der Waals surface area (Å²) in [7, 11) is 0. The van der Waals surface area contributed by atoms with Crippen LogP contribution in [0.3, 0.4) is 0 Å². The van der Waals surface area contributed by atoms with E-state index in [-0.39, 0.29) is 94.5 Å². The van der Waals surface area contributed by atoms with Gasteiger partial charge in [-0.2, -0.15) is 0 Å². The van der Waals surface area contributed by atoms with Crippen molar-refractivity contribution in [2.24, 2.45) is 11.3 Å². The van der Waals surface area contributed by atoms with Crippen molar-refractivity contribution in [2.75, 3.05) is 33.0 Å². The first kappa shape index (κ1) is 73.3. The minimum absolute atomic E-state index is 0. The fraction of sp³-hybridized carbons (Fsp3) is 1.00. The topological polar surface area (TPSA) is 523 Å². The van der Waals surface area contributed by atoms with Crippen LogP contribution in [0.2, 0.25) is 0 Å². The number of aliphatic hydroxyl groups excluding tert-OH is 18. The van der Waals surface area contributed by atoms with Gasteiger partial charge in [0.1, 0.15) is 128 Å². The van der Waals surface area contributed by atoms with Crippen LogP contribution in [0.25, 0.3) is 11.5 Å². The maximum atomic E-state index is 12.1. The number of ether oxygens (including phenoxy) is 12. The summed E-state index contributed by atoms with van der Waals surface area (Å²) in [5.74, 6) is -1.12. The van der Waals surface area contributed by atoms with Crippen LogP contribution < -0.4 is 0 Å². The number of aliphatic hydroxyl groups is 18. The van der Waals surface area contributed by atoms with Gasteiger partial charge in [-0.25, -0.2) is 0 Å². The average molecular weight is 1610 g/mol. The van der Waals surface area contributed by atoms with E-state index < -0.39 is 253 Å². The third-order valence-corrected chi connectivity index (χ3v) is 15.9. The smallest absolute Gasteiger partial charge is 0.187 e. The Labute approximate surface area is 537 Å². The van der Waals surface area contributed by atoms with E-state index >= 15 is 0 Å². The quantitative estimate of drug-likeness (QED) is 0.0643. The second kappa shape index (κ2) is 31.1.